The highest BCUT2D eigenvalue weighted by molar-refractivity contribution is 5.21. The van der Waals surface area contributed by atoms with Crippen LogP contribution in [-0.4, -0.2) is 25.7 Å². The smallest absolute Gasteiger partial charge is 0.0317 e. The van der Waals surface area contributed by atoms with Gasteiger partial charge in [0.1, 0.15) is 0 Å². The SMILES string of the molecule is Cc1ccc(CCNC2CNC2)cc1. The molecule has 2 heteroatoms. The maximum absolute atomic E-state index is 3.52. The van der Waals surface area contributed by atoms with Gasteiger partial charge in [0.2, 0.25) is 0 Å². The molecule has 2 rings (SSSR count). The first-order valence-corrected chi connectivity index (χ1v) is 5.34. The normalized spacial score (nSPS) is 16.6. The number of rotatable bonds is 4. The second kappa shape index (κ2) is 4.58. The molecule has 2 N–H and O–H groups in total. The van der Waals surface area contributed by atoms with Crippen molar-refractivity contribution in [1.29, 1.82) is 0 Å². The predicted molar refractivity (Wildman–Crippen MR) is 59.5 cm³/mol. The van der Waals surface area contributed by atoms with Gasteiger partial charge in [-0.15, -0.1) is 0 Å². The molecule has 1 saturated heterocycles. The van der Waals surface area contributed by atoms with Gasteiger partial charge in [-0.05, 0) is 25.5 Å². The number of benzene rings is 1. The van der Waals surface area contributed by atoms with Crippen LogP contribution in [0.2, 0.25) is 0 Å². The maximum atomic E-state index is 3.52. The van der Waals surface area contributed by atoms with Crippen LogP contribution in [0.5, 0.6) is 0 Å². The minimum Gasteiger partial charge on any atom is -0.314 e. The Kier molecular flexibility index (Phi) is 3.17. The molecule has 0 spiro atoms. The highest BCUT2D eigenvalue weighted by Gasteiger charge is 2.14. The summed E-state index contributed by atoms with van der Waals surface area (Å²) in [5.41, 5.74) is 2.76. The van der Waals surface area contributed by atoms with E-state index in [1.54, 1.807) is 0 Å². The lowest BCUT2D eigenvalue weighted by molar-refractivity contribution is 0.369. The van der Waals surface area contributed by atoms with E-state index < -0.39 is 0 Å². The summed E-state index contributed by atoms with van der Waals surface area (Å²) in [4.78, 5) is 0. The van der Waals surface area contributed by atoms with Crippen LogP contribution in [0, 0.1) is 6.92 Å². The number of hydrogen-bond acceptors (Lipinski definition) is 2. The van der Waals surface area contributed by atoms with Gasteiger partial charge in [0.05, 0.1) is 0 Å². The van der Waals surface area contributed by atoms with E-state index in [0.29, 0.717) is 6.04 Å². The molecule has 1 fully saturated rings. The van der Waals surface area contributed by atoms with Gasteiger partial charge in [0.25, 0.3) is 0 Å². The van der Waals surface area contributed by atoms with Crippen LogP contribution in [0.4, 0.5) is 0 Å². The van der Waals surface area contributed by atoms with E-state index in [2.05, 4.69) is 41.8 Å². The Morgan fingerprint density at radius 2 is 2.00 bits per heavy atom. The second-order valence-corrected chi connectivity index (χ2v) is 4.04. The zero-order valence-corrected chi connectivity index (χ0v) is 8.72. The molecule has 0 bridgehead atoms. The minimum absolute atomic E-state index is 0.709. The van der Waals surface area contributed by atoms with Crippen molar-refractivity contribution in [3.05, 3.63) is 35.4 Å². The summed E-state index contributed by atoms with van der Waals surface area (Å²) in [6.45, 7) is 5.49. The van der Waals surface area contributed by atoms with Crippen LogP contribution < -0.4 is 10.6 Å². The summed E-state index contributed by atoms with van der Waals surface area (Å²) in [5.74, 6) is 0. The van der Waals surface area contributed by atoms with Crippen LogP contribution in [0.15, 0.2) is 24.3 Å². The van der Waals surface area contributed by atoms with Crippen LogP contribution in [0.25, 0.3) is 0 Å². The van der Waals surface area contributed by atoms with Crippen molar-refractivity contribution < 1.29 is 0 Å². The van der Waals surface area contributed by atoms with E-state index in [9.17, 15) is 0 Å². The third kappa shape index (κ3) is 2.56. The minimum atomic E-state index is 0.709. The maximum Gasteiger partial charge on any atom is 0.0317 e. The van der Waals surface area contributed by atoms with Gasteiger partial charge in [-0.25, -0.2) is 0 Å². The Bertz CT molecular complexity index is 275. The van der Waals surface area contributed by atoms with Crippen molar-refractivity contribution in [2.45, 2.75) is 19.4 Å². The molecule has 1 aliphatic heterocycles. The lowest BCUT2D eigenvalue weighted by Crippen LogP contribution is -2.55. The Morgan fingerprint density at radius 1 is 1.29 bits per heavy atom. The van der Waals surface area contributed by atoms with Gasteiger partial charge in [-0.3, -0.25) is 0 Å². The van der Waals surface area contributed by atoms with Gasteiger partial charge < -0.3 is 10.6 Å². The van der Waals surface area contributed by atoms with Crippen LogP contribution in [0.3, 0.4) is 0 Å². The van der Waals surface area contributed by atoms with Gasteiger partial charge >= 0.3 is 0 Å². The summed E-state index contributed by atoms with van der Waals surface area (Å²) < 4.78 is 0. The van der Waals surface area contributed by atoms with Crippen molar-refractivity contribution in [2.75, 3.05) is 19.6 Å². The summed E-state index contributed by atoms with van der Waals surface area (Å²) in [5, 5.41) is 6.77. The summed E-state index contributed by atoms with van der Waals surface area (Å²) in [6, 6.07) is 9.51. The fraction of sp³-hybridized carbons (Fsp3) is 0.500. The molecule has 0 amide bonds. The topological polar surface area (TPSA) is 24.1 Å². The van der Waals surface area contributed by atoms with Gasteiger partial charge in [-0.1, -0.05) is 29.8 Å². The van der Waals surface area contributed by atoms with E-state index >= 15 is 0 Å². The third-order valence-electron chi connectivity index (χ3n) is 2.75. The fourth-order valence-electron chi connectivity index (χ4n) is 1.61. The molecular weight excluding hydrogens is 172 g/mol. The van der Waals surface area contributed by atoms with E-state index in [1.807, 2.05) is 0 Å². The first-order valence-electron chi connectivity index (χ1n) is 5.34. The van der Waals surface area contributed by atoms with Crippen molar-refractivity contribution in [2.24, 2.45) is 0 Å². The van der Waals surface area contributed by atoms with Crippen LogP contribution >= 0.6 is 0 Å². The molecule has 76 valence electrons. The average molecular weight is 190 g/mol. The number of nitrogens with one attached hydrogen (secondary N) is 2. The monoisotopic (exact) mass is 190 g/mol. The van der Waals surface area contributed by atoms with Crippen LogP contribution in [0.1, 0.15) is 11.1 Å². The Morgan fingerprint density at radius 3 is 2.57 bits per heavy atom. The van der Waals surface area contributed by atoms with E-state index in [0.717, 1.165) is 26.1 Å². The molecule has 1 aliphatic rings. The first kappa shape index (κ1) is 9.69. The molecule has 1 aromatic carbocycles. The summed E-state index contributed by atoms with van der Waals surface area (Å²) in [6.07, 6.45) is 1.14. The lowest BCUT2D eigenvalue weighted by Gasteiger charge is -2.28. The fourth-order valence-corrected chi connectivity index (χ4v) is 1.61. The summed E-state index contributed by atoms with van der Waals surface area (Å²) >= 11 is 0. The molecule has 0 saturated carbocycles. The van der Waals surface area contributed by atoms with Gasteiger partial charge in [0.15, 0.2) is 0 Å². The zero-order chi connectivity index (χ0) is 9.80. The molecule has 2 nitrogen and oxygen atoms in total. The Balaban J connectivity index is 1.71. The number of aryl methyl sites for hydroxylation is 1. The predicted octanol–water partition coefficient (Wildman–Crippen LogP) is 1.10. The summed E-state index contributed by atoms with van der Waals surface area (Å²) in [7, 11) is 0. The highest BCUT2D eigenvalue weighted by atomic mass is 15.1. The second-order valence-electron chi connectivity index (χ2n) is 4.04. The molecule has 0 atom stereocenters. The van der Waals surface area contributed by atoms with Crippen molar-refractivity contribution in [3.8, 4) is 0 Å². The zero-order valence-electron chi connectivity index (χ0n) is 8.72. The van der Waals surface area contributed by atoms with Crippen molar-refractivity contribution in [1.82, 2.24) is 10.6 Å². The molecule has 1 heterocycles. The standard InChI is InChI=1S/C12H18N2/c1-10-2-4-11(5-3-10)6-7-14-12-8-13-9-12/h2-5,12-14H,6-9H2,1H3. The quantitative estimate of drug-likeness (QED) is 0.743. The van der Waals surface area contributed by atoms with Gasteiger partial charge in [-0.2, -0.15) is 0 Å². The molecular formula is C12H18N2. The van der Waals surface area contributed by atoms with Crippen molar-refractivity contribution in [3.63, 3.8) is 0 Å². The Hall–Kier alpha value is -0.860. The van der Waals surface area contributed by atoms with E-state index in [4.69, 9.17) is 0 Å². The van der Waals surface area contributed by atoms with Crippen LogP contribution in [-0.2, 0) is 6.42 Å². The molecule has 0 unspecified atom stereocenters. The van der Waals surface area contributed by atoms with E-state index in [1.165, 1.54) is 11.1 Å². The third-order valence-corrected chi connectivity index (χ3v) is 2.75. The van der Waals surface area contributed by atoms with Gasteiger partial charge in [0, 0.05) is 19.1 Å². The average Bonchev–Trinajstić information content (AvgIpc) is 2.12. The Labute approximate surface area is 85.7 Å². The lowest BCUT2D eigenvalue weighted by atomic mass is 10.1. The first-order chi connectivity index (χ1) is 6.84. The van der Waals surface area contributed by atoms with E-state index in [-0.39, 0.29) is 0 Å². The molecule has 0 aromatic heterocycles. The molecule has 0 radical (unpaired) electrons. The molecule has 1 aromatic rings. The highest BCUT2D eigenvalue weighted by Crippen LogP contribution is 2.03. The molecule has 14 heavy (non-hydrogen) atoms. The largest absolute Gasteiger partial charge is 0.314 e. The van der Waals surface area contributed by atoms with Crippen molar-refractivity contribution >= 4 is 0 Å². The number of hydrogen-bond donors (Lipinski definition) is 2. The molecule has 0 aliphatic carbocycles.